The molecule has 0 atom stereocenters. The van der Waals surface area contributed by atoms with Crippen LogP contribution in [0.25, 0.3) is 22.6 Å². The topological polar surface area (TPSA) is 119 Å². The second-order valence-electron chi connectivity index (χ2n) is 9.75. The number of hydrogen-bond donors (Lipinski definition) is 2. The van der Waals surface area contributed by atoms with Crippen LogP contribution in [0, 0.1) is 11.8 Å². The smallest absolute Gasteiger partial charge is 0.256 e. The van der Waals surface area contributed by atoms with Crippen molar-refractivity contribution >= 4 is 11.7 Å². The molecule has 13 heteroatoms. The first-order valence-electron chi connectivity index (χ1n) is 12.6. The summed E-state index contributed by atoms with van der Waals surface area (Å²) in [5.41, 5.74) is 4.26. The van der Waals surface area contributed by atoms with Gasteiger partial charge in [-0.05, 0) is 44.7 Å². The van der Waals surface area contributed by atoms with Gasteiger partial charge >= 0.3 is 0 Å². The fraction of sp³-hybridized carbons (Fsp3) is 0.423. The summed E-state index contributed by atoms with van der Waals surface area (Å²) in [5.74, 6) is -2.97. The van der Waals surface area contributed by atoms with Gasteiger partial charge in [-0.15, -0.1) is 0 Å². The lowest BCUT2D eigenvalue weighted by molar-refractivity contribution is -0.0218. The number of nitrogens with zero attached hydrogens (tertiary/aromatic N) is 5. The predicted molar refractivity (Wildman–Crippen MR) is 134 cm³/mol. The molecule has 3 fully saturated rings. The molecule has 3 aromatic heterocycles. The second-order valence-corrected chi connectivity index (χ2v) is 9.75. The standard InChI is InChI=1S/C26H27F4N7O2/c1-2-39-20-4-3-14(10-32-20)17-9-16(21(29)22(34-17)18-11-33-24(31)23(30)35-18)25(38)36-26-7-5-15(6-8-26)37(13-26)12-19(27)28/h3-4,9-11,15,19H,2,5-8,12-13H2,1H3,(H2,31,33)(H,36,38). The average molecular weight is 546 g/mol. The number of carbonyl (C=O) groups excluding carboxylic acids is 1. The van der Waals surface area contributed by atoms with Crippen molar-refractivity contribution in [1.82, 2.24) is 30.2 Å². The molecule has 3 N–H and O–H groups in total. The first-order valence-corrected chi connectivity index (χ1v) is 12.6. The molecule has 0 unspecified atom stereocenters. The summed E-state index contributed by atoms with van der Waals surface area (Å²) in [6.45, 7) is 2.09. The Morgan fingerprint density at radius 2 is 1.95 bits per heavy atom. The first-order chi connectivity index (χ1) is 18.7. The number of nitrogen functional groups attached to an aromatic ring is 1. The van der Waals surface area contributed by atoms with E-state index >= 15 is 4.39 Å². The third-order valence-electron chi connectivity index (χ3n) is 7.21. The lowest BCUT2D eigenvalue weighted by Crippen LogP contribution is -2.65. The van der Waals surface area contributed by atoms with E-state index in [0.29, 0.717) is 43.7 Å². The number of amides is 1. The van der Waals surface area contributed by atoms with Crippen molar-refractivity contribution < 1.29 is 27.1 Å². The van der Waals surface area contributed by atoms with Gasteiger partial charge in [0.2, 0.25) is 5.88 Å². The van der Waals surface area contributed by atoms with E-state index in [2.05, 4.69) is 25.3 Å². The van der Waals surface area contributed by atoms with E-state index in [1.807, 2.05) is 6.92 Å². The van der Waals surface area contributed by atoms with Gasteiger partial charge < -0.3 is 15.8 Å². The molecule has 1 saturated carbocycles. The summed E-state index contributed by atoms with van der Waals surface area (Å²) in [4.78, 5) is 31.1. The molecular formula is C26H27F4N7O2. The highest BCUT2D eigenvalue weighted by Crippen LogP contribution is 2.39. The van der Waals surface area contributed by atoms with Crippen LogP contribution in [0.2, 0.25) is 0 Å². The van der Waals surface area contributed by atoms with Gasteiger partial charge in [0.25, 0.3) is 18.3 Å². The Balaban J connectivity index is 1.53. The Bertz CT molecular complexity index is 1370. The van der Waals surface area contributed by atoms with Crippen molar-refractivity contribution in [2.24, 2.45) is 0 Å². The van der Waals surface area contributed by atoms with Crippen LogP contribution in [0.4, 0.5) is 23.4 Å². The maximum absolute atomic E-state index is 15.9. The number of halogens is 4. The van der Waals surface area contributed by atoms with Gasteiger partial charge in [0.15, 0.2) is 11.6 Å². The zero-order chi connectivity index (χ0) is 27.7. The molecule has 5 heterocycles. The highest BCUT2D eigenvalue weighted by Gasteiger charge is 2.46. The molecule has 6 rings (SSSR count). The zero-order valence-corrected chi connectivity index (χ0v) is 21.1. The van der Waals surface area contributed by atoms with Gasteiger partial charge in [-0.2, -0.15) is 4.39 Å². The van der Waals surface area contributed by atoms with Crippen molar-refractivity contribution in [2.45, 2.75) is 50.6 Å². The van der Waals surface area contributed by atoms with Crippen LogP contribution >= 0.6 is 0 Å². The maximum atomic E-state index is 15.9. The van der Waals surface area contributed by atoms with E-state index < -0.39 is 41.1 Å². The van der Waals surface area contributed by atoms with E-state index in [0.717, 1.165) is 6.20 Å². The summed E-state index contributed by atoms with van der Waals surface area (Å²) in [6.07, 6.45) is 2.51. The summed E-state index contributed by atoms with van der Waals surface area (Å²) >= 11 is 0. The molecule has 3 aliphatic rings. The van der Waals surface area contributed by atoms with E-state index in [4.69, 9.17) is 10.5 Å². The number of pyridine rings is 2. The fourth-order valence-electron chi connectivity index (χ4n) is 5.33. The number of hydrogen-bond acceptors (Lipinski definition) is 8. The monoisotopic (exact) mass is 545 g/mol. The summed E-state index contributed by atoms with van der Waals surface area (Å²) in [5, 5.41) is 2.93. The van der Waals surface area contributed by atoms with Crippen LogP contribution < -0.4 is 15.8 Å². The first kappa shape index (κ1) is 26.7. The molecule has 1 aliphatic carbocycles. The van der Waals surface area contributed by atoms with Crippen LogP contribution in [-0.4, -0.2) is 68.4 Å². The van der Waals surface area contributed by atoms with Gasteiger partial charge in [-0.3, -0.25) is 9.69 Å². The number of anilines is 1. The van der Waals surface area contributed by atoms with E-state index in [1.54, 1.807) is 17.0 Å². The summed E-state index contributed by atoms with van der Waals surface area (Å²) < 4.78 is 61.6. The minimum atomic E-state index is -2.50. The number of rotatable bonds is 8. The minimum Gasteiger partial charge on any atom is -0.478 e. The highest BCUT2D eigenvalue weighted by atomic mass is 19.3. The van der Waals surface area contributed by atoms with Gasteiger partial charge in [-0.25, -0.2) is 33.1 Å². The number of piperidine rings is 2. The van der Waals surface area contributed by atoms with Crippen molar-refractivity contribution in [3.63, 3.8) is 0 Å². The number of carbonyl (C=O) groups is 1. The lowest BCUT2D eigenvalue weighted by atomic mass is 9.73. The van der Waals surface area contributed by atoms with Crippen molar-refractivity contribution in [3.05, 3.63) is 47.9 Å². The van der Waals surface area contributed by atoms with Gasteiger partial charge in [-0.1, -0.05) is 0 Å². The lowest BCUT2D eigenvalue weighted by Gasteiger charge is -2.53. The van der Waals surface area contributed by atoms with Crippen molar-refractivity contribution in [3.8, 4) is 28.5 Å². The van der Waals surface area contributed by atoms with Gasteiger partial charge in [0.05, 0.1) is 36.1 Å². The normalized spacial score (nSPS) is 20.8. The molecule has 1 amide bonds. The van der Waals surface area contributed by atoms with Crippen LogP contribution in [0.3, 0.4) is 0 Å². The van der Waals surface area contributed by atoms with Crippen molar-refractivity contribution in [1.29, 1.82) is 0 Å². The Labute approximate surface area is 221 Å². The SMILES string of the molecule is CCOc1ccc(-c2cc(C(=O)NC34CCC(CC3)N(CC(F)F)C4)c(F)c(-c3cnc(N)c(F)n3)n2)cn1. The Morgan fingerprint density at radius 1 is 1.18 bits per heavy atom. The molecule has 2 saturated heterocycles. The highest BCUT2D eigenvalue weighted by molar-refractivity contribution is 5.97. The second kappa shape index (κ2) is 10.7. The molecule has 2 aliphatic heterocycles. The molecule has 3 aromatic rings. The molecule has 0 aromatic carbocycles. The molecular weight excluding hydrogens is 518 g/mol. The van der Waals surface area contributed by atoms with Gasteiger partial charge in [0.1, 0.15) is 11.4 Å². The van der Waals surface area contributed by atoms with Crippen LogP contribution in [0.1, 0.15) is 43.0 Å². The maximum Gasteiger partial charge on any atom is 0.256 e. The minimum absolute atomic E-state index is 0.0415. The summed E-state index contributed by atoms with van der Waals surface area (Å²) in [7, 11) is 0. The van der Waals surface area contributed by atoms with Crippen LogP contribution in [0.5, 0.6) is 5.88 Å². The number of ether oxygens (including phenoxy) is 1. The number of aromatic nitrogens is 4. The molecule has 0 spiro atoms. The van der Waals surface area contributed by atoms with Crippen LogP contribution in [0.15, 0.2) is 30.6 Å². The van der Waals surface area contributed by atoms with Gasteiger partial charge in [0, 0.05) is 30.4 Å². The van der Waals surface area contributed by atoms with Crippen LogP contribution in [-0.2, 0) is 0 Å². The molecule has 9 nitrogen and oxygen atoms in total. The molecule has 39 heavy (non-hydrogen) atoms. The third kappa shape index (κ3) is 5.49. The quantitative estimate of drug-likeness (QED) is 0.410. The Hall–Kier alpha value is -3.87. The van der Waals surface area contributed by atoms with Crippen molar-refractivity contribution in [2.75, 3.05) is 25.4 Å². The number of nitrogens with two attached hydrogens (primary N) is 1. The molecule has 2 bridgehead atoms. The third-order valence-corrected chi connectivity index (χ3v) is 7.21. The number of nitrogens with one attached hydrogen (secondary N) is 1. The predicted octanol–water partition coefficient (Wildman–Crippen LogP) is 3.85. The average Bonchev–Trinajstić information content (AvgIpc) is 2.91. The molecule has 0 radical (unpaired) electrons. The largest absolute Gasteiger partial charge is 0.478 e. The fourth-order valence-corrected chi connectivity index (χ4v) is 5.33. The zero-order valence-electron chi connectivity index (χ0n) is 21.1. The summed E-state index contributed by atoms with van der Waals surface area (Å²) in [6, 6.07) is 4.56. The number of alkyl halides is 2. The Kier molecular flexibility index (Phi) is 7.34. The molecule has 206 valence electrons. The van der Waals surface area contributed by atoms with E-state index in [1.165, 1.54) is 12.3 Å². The van der Waals surface area contributed by atoms with E-state index in [9.17, 15) is 18.0 Å². The Morgan fingerprint density at radius 3 is 2.59 bits per heavy atom. The number of fused-ring (bicyclic) bond motifs is 3. The van der Waals surface area contributed by atoms with E-state index in [-0.39, 0.29) is 36.1 Å².